The van der Waals surface area contributed by atoms with Gasteiger partial charge in [0.2, 0.25) is 0 Å². The summed E-state index contributed by atoms with van der Waals surface area (Å²) in [6, 6.07) is 0. The fourth-order valence-corrected chi connectivity index (χ4v) is 0.715. The summed E-state index contributed by atoms with van der Waals surface area (Å²) >= 11 is 0. The van der Waals surface area contributed by atoms with Crippen molar-refractivity contribution in [3.63, 3.8) is 0 Å². The zero-order valence-electron chi connectivity index (χ0n) is 7.39. The molecule has 0 spiro atoms. The Balaban J connectivity index is 3.91. The highest BCUT2D eigenvalue weighted by molar-refractivity contribution is 4.96. The van der Waals surface area contributed by atoms with Gasteiger partial charge in [-0.25, -0.2) is 0 Å². The number of allylic oxidation sites excluding steroid dienone is 2. The van der Waals surface area contributed by atoms with Gasteiger partial charge in [-0.05, 0) is 18.4 Å². The molecule has 0 aromatic heterocycles. The van der Waals surface area contributed by atoms with Gasteiger partial charge in [0, 0.05) is 5.92 Å². The summed E-state index contributed by atoms with van der Waals surface area (Å²) in [5.41, 5.74) is 0. The Bertz CT molecular complexity index is 114. The molecule has 0 aliphatic rings. The molecule has 0 radical (unpaired) electrons. The maximum absolute atomic E-state index is 9.35. The zero-order chi connectivity index (χ0) is 8.15. The summed E-state index contributed by atoms with van der Waals surface area (Å²) in [5.74, 6) is 1.31. The third-order valence-electron chi connectivity index (χ3n) is 1.62. The molecule has 0 rings (SSSR count). The van der Waals surface area contributed by atoms with Gasteiger partial charge in [0.1, 0.15) is 0 Å². The molecule has 10 heavy (non-hydrogen) atoms. The molecule has 0 aliphatic heterocycles. The molecule has 0 aromatic carbocycles. The van der Waals surface area contributed by atoms with Crippen LogP contribution in [-0.4, -0.2) is 5.11 Å². The zero-order valence-corrected chi connectivity index (χ0v) is 7.39. The van der Waals surface area contributed by atoms with Crippen molar-refractivity contribution in [1.29, 1.82) is 0 Å². The molecule has 1 N–H and O–H groups in total. The van der Waals surface area contributed by atoms with E-state index in [-0.39, 0.29) is 0 Å². The predicted octanol–water partition coefficient (Wildman–Crippen LogP) is 3.13. The van der Waals surface area contributed by atoms with Gasteiger partial charge in [-0.15, -0.1) is 0 Å². The van der Waals surface area contributed by atoms with E-state index in [1.54, 1.807) is 0 Å². The SMILES string of the molecule is CCC(C)C(O)=CC(C)C. The first-order valence-electron chi connectivity index (χ1n) is 3.98. The minimum absolute atomic E-state index is 0.322. The van der Waals surface area contributed by atoms with E-state index in [1.165, 1.54) is 0 Å². The van der Waals surface area contributed by atoms with Crippen LogP contribution in [0.5, 0.6) is 0 Å². The van der Waals surface area contributed by atoms with Crippen LogP contribution in [0.15, 0.2) is 11.8 Å². The van der Waals surface area contributed by atoms with Gasteiger partial charge in [-0.1, -0.05) is 27.7 Å². The van der Waals surface area contributed by atoms with Crippen LogP contribution in [0, 0.1) is 11.8 Å². The van der Waals surface area contributed by atoms with E-state index >= 15 is 0 Å². The highest BCUT2D eigenvalue weighted by Gasteiger charge is 2.03. The predicted molar refractivity (Wildman–Crippen MR) is 45.0 cm³/mol. The monoisotopic (exact) mass is 142 g/mol. The van der Waals surface area contributed by atoms with E-state index in [2.05, 4.69) is 20.8 Å². The van der Waals surface area contributed by atoms with Crippen LogP contribution in [0.4, 0.5) is 0 Å². The van der Waals surface area contributed by atoms with E-state index in [9.17, 15) is 5.11 Å². The molecule has 0 aromatic rings. The van der Waals surface area contributed by atoms with Crippen molar-refractivity contribution >= 4 is 0 Å². The molecule has 1 nitrogen and oxygen atoms in total. The lowest BCUT2D eigenvalue weighted by molar-refractivity contribution is 0.331. The van der Waals surface area contributed by atoms with Crippen molar-refractivity contribution in [3.8, 4) is 0 Å². The van der Waals surface area contributed by atoms with E-state index in [0.717, 1.165) is 6.42 Å². The standard InChI is InChI=1S/C9H18O/c1-5-8(4)9(10)6-7(2)3/h6-8,10H,5H2,1-4H3. The van der Waals surface area contributed by atoms with Crippen molar-refractivity contribution in [2.45, 2.75) is 34.1 Å². The summed E-state index contributed by atoms with van der Waals surface area (Å²) in [6.07, 6.45) is 2.92. The lowest BCUT2D eigenvalue weighted by atomic mass is 10.0. The van der Waals surface area contributed by atoms with Crippen molar-refractivity contribution in [2.75, 3.05) is 0 Å². The highest BCUT2D eigenvalue weighted by atomic mass is 16.3. The summed E-state index contributed by atoms with van der Waals surface area (Å²) in [5, 5.41) is 9.35. The molecule has 0 heterocycles. The van der Waals surface area contributed by atoms with Gasteiger partial charge < -0.3 is 5.11 Å². The fourth-order valence-electron chi connectivity index (χ4n) is 0.715. The summed E-state index contributed by atoms with van der Waals surface area (Å²) in [7, 11) is 0. The molecule has 0 fully saturated rings. The van der Waals surface area contributed by atoms with Gasteiger partial charge in [-0.3, -0.25) is 0 Å². The molecule has 1 atom stereocenters. The molecule has 0 saturated heterocycles. The Labute approximate surface area is 63.8 Å². The van der Waals surface area contributed by atoms with Gasteiger partial charge in [0.05, 0.1) is 5.76 Å². The lowest BCUT2D eigenvalue weighted by Crippen LogP contribution is -1.98. The lowest BCUT2D eigenvalue weighted by Gasteiger charge is -2.07. The third-order valence-corrected chi connectivity index (χ3v) is 1.62. The van der Waals surface area contributed by atoms with Crippen LogP contribution < -0.4 is 0 Å². The highest BCUT2D eigenvalue weighted by Crippen LogP contribution is 2.12. The number of rotatable bonds is 3. The first kappa shape index (κ1) is 9.54. The van der Waals surface area contributed by atoms with Crippen molar-refractivity contribution in [2.24, 2.45) is 11.8 Å². The quantitative estimate of drug-likeness (QED) is 0.600. The molecular weight excluding hydrogens is 124 g/mol. The Morgan fingerprint density at radius 3 is 2.20 bits per heavy atom. The summed E-state index contributed by atoms with van der Waals surface area (Å²) in [4.78, 5) is 0. The molecule has 1 unspecified atom stereocenters. The first-order valence-corrected chi connectivity index (χ1v) is 3.98. The Morgan fingerprint density at radius 2 is 1.90 bits per heavy atom. The smallest absolute Gasteiger partial charge is 0.0913 e. The van der Waals surface area contributed by atoms with Gasteiger partial charge in [-0.2, -0.15) is 0 Å². The van der Waals surface area contributed by atoms with Gasteiger partial charge in [0.25, 0.3) is 0 Å². The van der Waals surface area contributed by atoms with Crippen LogP contribution in [0.3, 0.4) is 0 Å². The molecular formula is C9H18O. The minimum Gasteiger partial charge on any atom is -0.512 e. The van der Waals surface area contributed by atoms with E-state index < -0.39 is 0 Å². The van der Waals surface area contributed by atoms with Crippen LogP contribution in [0.25, 0.3) is 0 Å². The minimum atomic E-state index is 0.322. The molecule has 0 amide bonds. The van der Waals surface area contributed by atoms with Crippen LogP contribution in [0.1, 0.15) is 34.1 Å². The van der Waals surface area contributed by atoms with Gasteiger partial charge >= 0.3 is 0 Å². The number of aliphatic hydroxyl groups excluding tert-OH is 1. The topological polar surface area (TPSA) is 20.2 Å². The van der Waals surface area contributed by atoms with Crippen LogP contribution in [0.2, 0.25) is 0 Å². The largest absolute Gasteiger partial charge is 0.512 e. The number of aliphatic hydroxyl groups is 1. The van der Waals surface area contributed by atoms with Gasteiger partial charge in [0.15, 0.2) is 0 Å². The second kappa shape index (κ2) is 4.37. The van der Waals surface area contributed by atoms with Crippen molar-refractivity contribution < 1.29 is 5.11 Å². The molecule has 0 bridgehead atoms. The van der Waals surface area contributed by atoms with Crippen molar-refractivity contribution in [1.82, 2.24) is 0 Å². The number of hydrogen-bond donors (Lipinski definition) is 1. The fraction of sp³-hybridized carbons (Fsp3) is 0.778. The van der Waals surface area contributed by atoms with E-state index in [0.29, 0.717) is 17.6 Å². The molecule has 1 heteroatoms. The molecule has 0 saturated carbocycles. The Morgan fingerprint density at radius 1 is 1.40 bits per heavy atom. The van der Waals surface area contributed by atoms with E-state index in [1.807, 2.05) is 13.0 Å². The molecule has 60 valence electrons. The summed E-state index contributed by atoms with van der Waals surface area (Å²) in [6.45, 7) is 8.25. The third kappa shape index (κ3) is 3.54. The summed E-state index contributed by atoms with van der Waals surface area (Å²) < 4.78 is 0. The molecule has 0 aliphatic carbocycles. The maximum atomic E-state index is 9.35. The average Bonchev–Trinajstić information content (AvgIpc) is 1.85. The number of hydrogen-bond acceptors (Lipinski definition) is 1. The first-order chi connectivity index (χ1) is 4.57. The van der Waals surface area contributed by atoms with Crippen LogP contribution >= 0.6 is 0 Å². The van der Waals surface area contributed by atoms with Crippen LogP contribution in [-0.2, 0) is 0 Å². The average molecular weight is 142 g/mol. The Kier molecular flexibility index (Phi) is 4.17. The second-order valence-corrected chi connectivity index (χ2v) is 3.14. The van der Waals surface area contributed by atoms with Crippen molar-refractivity contribution in [3.05, 3.63) is 11.8 Å². The second-order valence-electron chi connectivity index (χ2n) is 3.14. The normalized spacial score (nSPS) is 15.9. The Hall–Kier alpha value is -0.460. The van der Waals surface area contributed by atoms with E-state index in [4.69, 9.17) is 0 Å². The maximum Gasteiger partial charge on any atom is 0.0913 e.